The van der Waals surface area contributed by atoms with E-state index in [2.05, 4.69) is 19.6 Å². The van der Waals surface area contributed by atoms with Gasteiger partial charge in [0.05, 0.1) is 3.58 Å². The molecular weight excluding hydrogens is 377 g/mol. The predicted octanol–water partition coefficient (Wildman–Crippen LogP) is 1.53. The average Bonchev–Trinajstić information content (AvgIpc) is 2.46. The second-order valence-electron chi connectivity index (χ2n) is 5.93. The molecule has 0 saturated heterocycles. The van der Waals surface area contributed by atoms with Crippen molar-refractivity contribution in [1.82, 2.24) is 4.90 Å². The molecule has 2 N–H and O–H groups in total. The smallest absolute Gasteiger partial charge is 0.264 e. The van der Waals surface area contributed by atoms with Gasteiger partial charge in [0.15, 0.2) is 5.72 Å². The van der Waals surface area contributed by atoms with Gasteiger partial charge in [-0.05, 0) is 34.7 Å². The molecule has 1 aliphatic heterocycles. The molecule has 1 rings (SSSR count). The van der Waals surface area contributed by atoms with E-state index in [1.54, 1.807) is 0 Å². The van der Waals surface area contributed by atoms with Crippen molar-refractivity contribution in [3.8, 4) is 0 Å². The Hall–Kier alpha value is 0.0369. The van der Waals surface area contributed by atoms with E-state index >= 15 is 0 Å². The van der Waals surface area contributed by atoms with Crippen LogP contribution in [0.2, 0.25) is 25.7 Å². The number of aliphatic hydroxyl groups is 2. The Kier molecular flexibility index (Phi) is 5.99. The highest BCUT2D eigenvalue weighted by Crippen LogP contribution is 2.32. The van der Waals surface area contributed by atoms with Crippen molar-refractivity contribution < 1.29 is 19.7 Å². The summed E-state index contributed by atoms with van der Waals surface area (Å²) >= 11 is 1.89. The summed E-state index contributed by atoms with van der Waals surface area (Å²) in [4.78, 5) is 13.2. The second kappa shape index (κ2) is 6.66. The maximum atomic E-state index is 11.9. The lowest BCUT2D eigenvalue weighted by Gasteiger charge is -2.32. The average molecular weight is 399 g/mol. The normalized spacial score (nSPS) is 24.0. The quantitative estimate of drug-likeness (QED) is 0.387. The maximum Gasteiger partial charge on any atom is 0.264 e. The topological polar surface area (TPSA) is 70.0 Å². The molecule has 0 aromatic heterocycles. The van der Waals surface area contributed by atoms with E-state index in [-0.39, 0.29) is 25.7 Å². The number of amides is 1. The SMILES string of the molecule is C[Si](C)(C)CCOCN1C(=O)C(I)=C[C@@]1(O)CCO. The van der Waals surface area contributed by atoms with Crippen molar-refractivity contribution in [3.63, 3.8) is 0 Å². The molecule has 0 spiro atoms. The number of rotatable bonds is 7. The zero-order chi connectivity index (χ0) is 14.7. The Balaban J connectivity index is 2.54. The number of aliphatic hydroxyl groups excluding tert-OH is 1. The van der Waals surface area contributed by atoms with Crippen LogP contribution in [-0.4, -0.2) is 54.8 Å². The summed E-state index contributed by atoms with van der Waals surface area (Å²) in [5.41, 5.74) is -1.42. The Labute approximate surface area is 128 Å². The second-order valence-corrected chi connectivity index (χ2v) is 12.7. The summed E-state index contributed by atoms with van der Waals surface area (Å²) in [7, 11) is -1.16. The van der Waals surface area contributed by atoms with Crippen LogP contribution >= 0.6 is 22.6 Å². The summed E-state index contributed by atoms with van der Waals surface area (Å²) in [6.07, 6.45) is 1.58. The monoisotopic (exact) mass is 399 g/mol. The highest BCUT2D eigenvalue weighted by molar-refractivity contribution is 14.1. The van der Waals surface area contributed by atoms with E-state index in [1.807, 2.05) is 22.6 Å². The van der Waals surface area contributed by atoms with Crippen LogP contribution in [0.3, 0.4) is 0 Å². The number of carbonyl (C=O) groups excluding carboxylic acids is 1. The van der Waals surface area contributed by atoms with Gasteiger partial charge in [0.25, 0.3) is 5.91 Å². The zero-order valence-electron chi connectivity index (χ0n) is 11.6. The molecule has 0 radical (unpaired) electrons. The maximum absolute atomic E-state index is 11.9. The van der Waals surface area contributed by atoms with Gasteiger partial charge in [0, 0.05) is 27.7 Å². The minimum Gasteiger partial charge on any atom is -0.396 e. The van der Waals surface area contributed by atoms with Crippen molar-refractivity contribution >= 4 is 36.6 Å². The lowest BCUT2D eigenvalue weighted by Crippen LogP contribution is -2.48. The number of halogens is 1. The predicted molar refractivity (Wildman–Crippen MR) is 84.6 cm³/mol. The fourth-order valence-corrected chi connectivity index (χ4v) is 3.27. The van der Waals surface area contributed by atoms with Crippen molar-refractivity contribution in [2.24, 2.45) is 0 Å². The van der Waals surface area contributed by atoms with Crippen molar-refractivity contribution in [2.75, 3.05) is 19.9 Å². The molecule has 0 aliphatic carbocycles. The van der Waals surface area contributed by atoms with E-state index in [9.17, 15) is 9.90 Å². The molecule has 110 valence electrons. The number of carbonyl (C=O) groups is 1. The van der Waals surface area contributed by atoms with Gasteiger partial charge in [-0.2, -0.15) is 0 Å². The summed E-state index contributed by atoms with van der Waals surface area (Å²) in [5.74, 6) is -0.246. The van der Waals surface area contributed by atoms with Crippen molar-refractivity contribution in [1.29, 1.82) is 0 Å². The summed E-state index contributed by atoms with van der Waals surface area (Å²) in [6, 6.07) is 1.01. The first-order valence-corrected chi connectivity index (χ1v) is 11.1. The third-order valence-electron chi connectivity index (χ3n) is 2.97. The zero-order valence-corrected chi connectivity index (χ0v) is 14.8. The van der Waals surface area contributed by atoms with Crippen LogP contribution in [-0.2, 0) is 9.53 Å². The first-order chi connectivity index (χ1) is 8.69. The van der Waals surface area contributed by atoms with E-state index < -0.39 is 13.8 Å². The van der Waals surface area contributed by atoms with Gasteiger partial charge in [-0.25, -0.2) is 0 Å². The van der Waals surface area contributed by atoms with Crippen LogP contribution in [0.25, 0.3) is 0 Å². The molecule has 0 aromatic carbocycles. The minimum absolute atomic E-state index is 0.0583. The van der Waals surface area contributed by atoms with Crippen LogP contribution in [0, 0.1) is 0 Å². The van der Waals surface area contributed by atoms with Crippen molar-refractivity contribution in [2.45, 2.75) is 37.8 Å². The summed E-state index contributed by atoms with van der Waals surface area (Å²) in [6.45, 7) is 7.22. The first kappa shape index (κ1) is 17.1. The largest absolute Gasteiger partial charge is 0.396 e. The molecule has 0 unspecified atom stereocenters. The molecule has 0 aromatic rings. The van der Waals surface area contributed by atoms with Gasteiger partial charge in [-0.15, -0.1) is 0 Å². The van der Waals surface area contributed by atoms with Crippen LogP contribution in [0.1, 0.15) is 6.42 Å². The molecule has 1 aliphatic rings. The fourth-order valence-electron chi connectivity index (χ4n) is 1.72. The Bertz CT molecular complexity index is 369. The van der Waals surface area contributed by atoms with Crippen LogP contribution < -0.4 is 0 Å². The number of hydrogen-bond donors (Lipinski definition) is 2. The molecule has 0 fully saturated rings. The molecule has 1 heterocycles. The third-order valence-corrected chi connectivity index (χ3v) is 5.45. The van der Waals surface area contributed by atoms with Crippen LogP contribution in [0.4, 0.5) is 0 Å². The summed E-state index contributed by atoms with van der Waals surface area (Å²) in [5, 5.41) is 19.3. The Morgan fingerprint density at radius 2 is 2.11 bits per heavy atom. The molecule has 0 saturated carbocycles. The lowest BCUT2D eigenvalue weighted by atomic mass is 10.1. The fraction of sp³-hybridized carbons (Fsp3) is 0.750. The minimum atomic E-state index is -1.42. The molecule has 1 atom stereocenters. The van der Waals surface area contributed by atoms with Crippen molar-refractivity contribution in [3.05, 3.63) is 9.66 Å². The van der Waals surface area contributed by atoms with E-state index in [0.717, 1.165) is 6.04 Å². The number of nitrogens with zero attached hydrogens (tertiary/aromatic N) is 1. The standard InChI is InChI=1S/C12H22INO4Si/c1-19(2,3)7-6-18-9-14-11(16)10(13)8-12(14,17)4-5-15/h8,15,17H,4-7,9H2,1-3H3/t12-/m0/s1. The number of ether oxygens (including phenoxy) is 1. The molecule has 0 bridgehead atoms. The third kappa shape index (κ3) is 4.82. The van der Waals surface area contributed by atoms with Gasteiger partial charge in [-0.3, -0.25) is 9.69 Å². The highest BCUT2D eigenvalue weighted by Gasteiger charge is 2.42. The van der Waals surface area contributed by atoms with Gasteiger partial charge in [0.1, 0.15) is 6.73 Å². The molecule has 7 heteroatoms. The Morgan fingerprint density at radius 1 is 1.47 bits per heavy atom. The molecular formula is C12H22INO4Si. The van der Waals surface area contributed by atoms with Gasteiger partial charge in [-0.1, -0.05) is 19.6 Å². The van der Waals surface area contributed by atoms with E-state index in [4.69, 9.17) is 9.84 Å². The molecule has 5 nitrogen and oxygen atoms in total. The van der Waals surface area contributed by atoms with Crippen LogP contribution in [0.15, 0.2) is 9.66 Å². The van der Waals surface area contributed by atoms with E-state index in [0.29, 0.717) is 10.2 Å². The van der Waals surface area contributed by atoms with Gasteiger partial charge in [0.2, 0.25) is 0 Å². The van der Waals surface area contributed by atoms with E-state index in [1.165, 1.54) is 11.0 Å². The van der Waals surface area contributed by atoms with Gasteiger partial charge < -0.3 is 14.9 Å². The molecule has 19 heavy (non-hydrogen) atoms. The Morgan fingerprint density at radius 3 is 2.63 bits per heavy atom. The molecule has 1 amide bonds. The lowest BCUT2D eigenvalue weighted by molar-refractivity contribution is -0.157. The first-order valence-electron chi connectivity index (χ1n) is 6.31. The summed E-state index contributed by atoms with van der Waals surface area (Å²) < 4.78 is 5.98. The number of hydrogen-bond acceptors (Lipinski definition) is 4. The van der Waals surface area contributed by atoms with Gasteiger partial charge >= 0.3 is 0 Å². The van der Waals surface area contributed by atoms with Crippen LogP contribution in [0.5, 0.6) is 0 Å². The highest BCUT2D eigenvalue weighted by atomic mass is 127.